The number of H-pyrrole nitrogens is 2. The van der Waals surface area contributed by atoms with Gasteiger partial charge in [-0.2, -0.15) is 0 Å². The van der Waals surface area contributed by atoms with Gasteiger partial charge in [-0.1, -0.05) is 6.42 Å². The molecule has 1 aliphatic carbocycles. The molecule has 0 radical (unpaired) electrons. The van der Waals surface area contributed by atoms with Crippen LogP contribution in [0, 0.1) is 11.8 Å². The quantitative estimate of drug-likeness (QED) is 0.681. The second-order valence-corrected chi connectivity index (χ2v) is 5.31. The third-order valence-corrected chi connectivity index (χ3v) is 3.95. The fourth-order valence-corrected chi connectivity index (χ4v) is 2.91. The maximum Gasteiger partial charge on any atom is 0.323 e. The van der Waals surface area contributed by atoms with Crippen molar-refractivity contribution in [1.82, 2.24) is 9.97 Å². The molecule has 0 saturated heterocycles. The third kappa shape index (κ3) is 2.54. The van der Waals surface area contributed by atoms with Gasteiger partial charge < -0.3 is 20.4 Å². The van der Waals surface area contributed by atoms with E-state index in [1.54, 1.807) is 18.2 Å². The highest BCUT2D eigenvalue weighted by Crippen LogP contribution is 2.33. The lowest BCUT2D eigenvalue weighted by Crippen LogP contribution is -2.29. The molecule has 110 valence electrons. The van der Waals surface area contributed by atoms with Gasteiger partial charge in [-0.15, -0.1) is 0 Å². The third-order valence-electron chi connectivity index (χ3n) is 3.95. The number of hydrogen-bond acceptors (Lipinski definition) is 3. The van der Waals surface area contributed by atoms with Gasteiger partial charge in [-0.05, 0) is 31.0 Å². The molecule has 1 heterocycles. The minimum atomic E-state index is -0.918. The summed E-state index contributed by atoms with van der Waals surface area (Å²) in [6.45, 7) is 0. The first kappa shape index (κ1) is 13.4. The van der Waals surface area contributed by atoms with Crippen LogP contribution in [0.25, 0.3) is 11.0 Å². The van der Waals surface area contributed by atoms with Crippen molar-refractivity contribution < 1.29 is 14.7 Å². The van der Waals surface area contributed by atoms with Crippen LogP contribution in [0.5, 0.6) is 0 Å². The first-order chi connectivity index (χ1) is 10.0. The number of amides is 1. The zero-order valence-corrected chi connectivity index (χ0v) is 11.2. The number of aliphatic carboxylic acids is 1. The van der Waals surface area contributed by atoms with Gasteiger partial charge in [0.15, 0.2) is 0 Å². The van der Waals surface area contributed by atoms with Gasteiger partial charge in [-0.3, -0.25) is 9.59 Å². The number of carbonyl (C=O) groups is 2. The Labute approximate surface area is 119 Å². The number of nitrogens with one attached hydrogen (secondary N) is 3. The molecule has 1 aromatic heterocycles. The molecule has 2 atom stereocenters. The van der Waals surface area contributed by atoms with Crippen LogP contribution in [-0.4, -0.2) is 27.0 Å². The Hall–Kier alpha value is -2.57. The molecule has 0 spiro atoms. The minimum absolute atomic E-state index is 0.280. The Kier molecular flexibility index (Phi) is 3.25. The van der Waals surface area contributed by atoms with Crippen LogP contribution >= 0.6 is 0 Å². The smallest absolute Gasteiger partial charge is 0.323 e. The summed E-state index contributed by atoms with van der Waals surface area (Å²) in [5.74, 6) is -2.31. The molecule has 3 rings (SSSR count). The number of anilines is 1. The van der Waals surface area contributed by atoms with Gasteiger partial charge in [0.2, 0.25) is 5.91 Å². The number of benzene rings is 1. The summed E-state index contributed by atoms with van der Waals surface area (Å²) in [6, 6.07) is 5.01. The van der Waals surface area contributed by atoms with E-state index in [0.29, 0.717) is 29.6 Å². The van der Waals surface area contributed by atoms with E-state index >= 15 is 0 Å². The van der Waals surface area contributed by atoms with Gasteiger partial charge in [-0.25, -0.2) is 4.79 Å². The molecule has 1 fully saturated rings. The maximum absolute atomic E-state index is 12.2. The molecule has 21 heavy (non-hydrogen) atoms. The predicted octanol–water partition coefficient (Wildman–Crippen LogP) is 1.30. The van der Waals surface area contributed by atoms with E-state index in [1.165, 1.54) is 0 Å². The zero-order valence-electron chi connectivity index (χ0n) is 11.2. The number of hydrogen-bond donors (Lipinski definition) is 4. The van der Waals surface area contributed by atoms with E-state index in [1.807, 2.05) is 0 Å². The average molecular weight is 289 g/mol. The van der Waals surface area contributed by atoms with E-state index in [9.17, 15) is 14.4 Å². The Morgan fingerprint density at radius 2 is 1.86 bits per heavy atom. The van der Waals surface area contributed by atoms with E-state index in [-0.39, 0.29) is 11.6 Å². The number of carbonyl (C=O) groups excluding carboxylic acids is 1. The summed E-state index contributed by atoms with van der Waals surface area (Å²) in [7, 11) is 0. The molecule has 2 aromatic rings. The summed E-state index contributed by atoms with van der Waals surface area (Å²) < 4.78 is 0. The Balaban J connectivity index is 1.79. The van der Waals surface area contributed by atoms with Crippen molar-refractivity contribution in [2.24, 2.45) is 11.8 Å². The van der Waals surface area contributed by atoms with Gasteiger partial charge >= 0.3 is 11.7 Å². The number of carboxylic acids is 1. The van der Waals surface area contributed by atoms with Crippen LogP contribution in [0.1, 0.15) is 19.3 Å². The average Bonchev–Trinajstić information content (AvgIpc) is 3.03. The highest BCUT2D eigenvalue weighted by Gasteiger charge is 2.37. The van der Waals surface area contributed by atoms with Crippen molar-refractivity contribution in [2.45, 2.75) is 19.3 Å². The zero-order chi connectivity index (χ0) is 15.0. The summed E-state index contributed by atoms with van der Waals surface area (Å²) in [4.78, 5) is 39.8. The molecule has 4 N–H and O–H groups in total. The van der Waals surface area contributed by atoms with Crippen molar-refractivity contribution in [3.8, 4) is 0 Å². The lowest BCUT2D eigenvalue weighted by atomic mass is 9.95. The van der Waals surface area contributed by atoms with E-state index in [2.05, 4.69) is 15.3 Å². The highest BCUT2D eigenvalue weighted by atomic mass is 16.4. The summed E-state index contributed by atoms with van der Waals surface area (Å²) in [5, 5.41) is 11.9. The Bertz CT molecular complexity index is 761. The van der Waals surface area contributed by atoms with Gasteiger partial charge in [0, 0.05) is 5.69 Å². The Morgan fingerprint density at radius 1 is 1.14 bits per heavy atom. The van der Waals surface area contributed by atoms with Crippen molar-refractivity contribution in [1.29, 1.82) is 0 Å². The molecule has 1 amide bonds. The normalized spacial score (nSPS) is 21.5. The summed E-state index contributed by atoms with van der Waals surface area (Å²) >= 11 is 0. The van der Waals surface area contributed by atoms with Gasteiger partial charge in [0.25, 0.3) is 0 Å². The van der Waals surface area contributed by atoms with Crippen LogP contribution in [0.2, 0.25) is 0 Å². The first-order valence-electron chi connectivity index (χ1n) is 6.80. The molecule has 1 saturated carbocycles. The standard InChI is InChI=1S/C14H15N3O4/c18-12(8-2-1-3-9(8)13(19)20)15-7-4-5-10-11(6-7)17-14(21)16-10/h4-6,8-9H,1-3H2,(H,15,18)(H,19,20)(H2,16,17,21)/t8-,9+/m1/s1. The number of aromatic amines is 2. The number of imidazole rings is 1. The highest BCUT2D eigenvalue weighted by molar-refractivity contribution is 5.96. The predicted molar refractivity (Wildman–Crippen MR) is 76.0 cm³/mol. The molecule has 0 unspecified atom stereocenters. The summed E-state index contributed by atoms with van der Waals surface area (Å²) in [5.41, 5.74) is 1.48. The van der Waals surface area contributed by atoms with Crippen LogP contribution in [0.3, 0.4) is 0 Å². The lowest BCUT2D eigenvalue weighted by Gasteiger charge is -2.15. The topological polar surface area (TPSA) is 115 Å². The lowest BCUT2D eigenvalue weighted by molar-refractivity contribution is -0.145. The first-order valence-corrected chi connectivity index (χ1v) is 6.80. The molecule has 0 aliphatic heterocycles. The fourth-order valence-electron chi connectivity index (χ4n) is 2.91. The number of fused-ring (bicyclic) bond motifs is 1. The SMILES string of the molecule is O=C(O)[C@H]1CCC[C@H]1C(=O)Nc1ccc2[nH]c(=O)[nH]c2c1. The van der Waals surface area contributed by atoms with Crippen molar-refractivity contribution in [2.75, 3.05) is 5.32 Å². The maximum atomic E-state index is 12.2. The minimum Gasteiger partial charge on any atom is -0.481 e. The van der Waals surface area contributed by atoms with Crippen molar-refractivity contribution in [3.63, 3.8) is 0 Å². The number of carboxylic acid groups (broad SMARTS) is 1. The molecular formula is C14H15N3O4. The molecule has 7 nitrogen and oxygen atoms in total. The van der Waals surface area contributed by atoms with E-state index in [4.69, 9.17) is 5.11 Å². The number of aromatic nitrogens is 2. The van der Waals surface area contributed by atoms with Crippen molar-refractivity contribution >= 4 is 28.6 Å². The Morgan fingerprint density at radius 3 is 2.62 bits per heavy atom. The van der Waals surface area contributed by atoms with Crippen molar-refractivity contribution in [3.05, 3.63) is 28.7 Å². The van der Waals surface area contributed by atoms with E-state index < -0.39 is 17.8 Å². The molecular weight excluding hydrogens is 274 g/mol. The molecule has 1 aromatic carbocycles. The fraction of sp³-hybridized carbons (Fsp3) is 0.357. The monoisotopic (exact) mass is 289 g/mol. The van der Waals surface area contributed by atoms with Gasteiger partial charge in [0.05, 0.1) is 22.9 Å². The van der Waals surface area contributed by atoms with Crippen LogP contribution in [0.4, 0.5) is 5.69 Å². The molecule has 1 aliphatic rings. The van der Waals surface area contributed by atoms with Crippen LogP contribution in [0.15, 0.2) is 23.0 Å². The summed E-state index contributed by atoms with van der Waals surface area (Å²) in [6.07, 6.45) is 1.88. The number of rotatable bonds is 3. The van der Waals surface area contributed by atoms with E-state index in [0.717, 1.165) is 6.42 Å². The molecule has 7 heteroatoms. The second kappa shape index (κ2) is 5.08. The van der Waals surface area contributed by atoms with Crippen LogP contribution in [-0.2, 0) is 9.59 Å². The van der Waals surface area contributed by atoms with Gasteiger partial charge in [0.1, 0.15) is 0 Å². The largest absolute Gasteiger partial charge is 0.481 e. The second-order valence-electron chi connectivity index (χ2n) is 5.31. The molecule has 0 bridgehead atoms. The van der Waals surface area contributed by atoms with Crippen LogP contribution < -0.4 is 11.0 Å².